The highest BCUT2D eigenvalue weighted by Crippen LogP contribution is 2.28. The number of rotatable bonds is 0. The van der Waals surface area contributed by atoms with Gasteiger partial charge in [0.1, 0.15) is 19.0 Å². The van der Waals surface area contributed by atoms with Crippen molar-refractivity contribution in [2.75, 3.05) is 19.8 Å². The molecule has 0 saturated carbocycles. The fraction of sp³-hybridized carbons (Fsp3) is 0.462. The third-order valence-electron chi connectivity index (χ3n) is 7.50. The SMILES string of the molecule is CC(C)C.CC(C)C.CC(C)C.CC(C)C.CC(C)C.CC(C)C.CC(C)C.CC(C)C.c1ccc2[nH]ccc2c1.c1ccc2c(c1)CCO2.c1ccc2c(c1)OCCO2.c1ccc2sccc2c1.c1ccncc1.c1ccsc1.c1cscn1.c1csnn1. The zero-order chi connectivity index (χ0) is 68.6. The van der Waals surface area contributed by atoms with Gasteiger partial charge >= 0.3 is 0 Å². The number of H-pyrrole nitrogens is 1. The molecule has 8 nitrogen and oxygen atoms in total. The lowest BCUT2D eigenvalue weighted by Crippen LogP contribution is -2.14. The van der Waals surface area contributed by atoms with Gasteiger partial charge in [-0.25, -0.2) is 0 Å². The minimum atomic E-state index is 0.664. The maximum Gasteiger partial charge on any atom is 0.161 e. The molecule has 0 amide bonds. The molecular formula is C78H123N5O3S4. The normalized spacial score (nSPS) is 10.2. The van der Waals surface area contributed by atoms with E-state index in [2.05, 4.69) is 251 Å². The van der Waals surface area contributed by atoms with Gasteiger partial charge in [0.15, 0.2) is 11.5 Å². The molecule has 0 atom stereocenters. The Bertz CT molecular complexity index is 2440. The van der Waals surface area contributed by atoms with Gasteiger partial charge in [0.05, 0.1) is 18.3 Å². The highest BCUT2D eigenvalue weighted by Gasteiger charge is 2.09. The molecule has 1 N–H and O–H groups in total. The van der Waals surface area contributed by atoms with Gasteiger partial charge in [-0.3, -0.25) is 9.97 Å². The van der Waals surface area contributed by atoms with Crippen LogP contribution < -0.4 is 14.2 Å². The monoisotopic (exact) mass is 1310 g/mol. The van der Waals surface area contributed by atoms with Crippen molar-refractivity contribution < 1.29 is 14.2 Å². The first-order valence-corrected chi connectivity index (χ1v) is 35.7. The number of hydrogen-bond donors (Lipinski definition) is 1. The summed E-state index contributed by atoms with van der Waals surface area (Å²) in [6, 6.07) is 46.5. The molecule has 10 aromatic rings. The molecule has 8 heterocycles. The van der Waals surface area contributed by atoms with E-state index in [9.17, 15) is 0 Å². The van der Waals surface area contributed by atoms with E-state index in [4.69, 9.17) is 14.2 Å². The lowest BCUT2D eigenvalue weighted by Gasteiger charge is -2.17. The van der Waals surface area contributed by atoms with Crippen molar-refractivity contribution in [2.24, 2.45) is 47.3 Å². The number of nitrogens with zero attached hydrogens (tertiary/aromatic N) is 4. The van der Waals surface area contributed by atoms with Crippen molar-refractivity contribution in [1.29, 1.82) is 0 Å². The smallest absolute Gasteiger partial charge is 0.161 e. The van der Waals surface area contributed by atoms with E-state index in [0.29, 0.717) is 13.2 Å². The van der Waals surface area contributed by atoms with Crippen LogP contribution in [0.3, 0.4) is 0 Å². The van der Waals surface area contributed by atoms with Crippen LogP contribution in [0.25, 0.3) is 21.0 Å². The zero-order valence-corrected chi connectivity index (χ0v) is 63.5. The standard InChI is InChI=1S/C8H7N.C8H8O2.C8H8O.C8H6S.C5H5N.C4H4S.8C4H10.C3H3NS.C2H2N2S/c1-2-4-8-7(3-1)5-6-9-8;1-2-4-8-7(3-1)9-5-6-10-8;2*1-2-4-8-7(3-1)5-6-9-8;1-2-4-6-5-3-1;1-2-4-5-3-1;8*1-4(2)3;1-2-5-3-4-1;1-2-5-4-3-1/h1-6,9H;1-4H,5-6H2;1-4H,5-6H2;1-6H;1-5H;1-4H;8*4H,1-3H3;1-3H;1-2H. The number of thiophene rings is 2. The molecule has 0 spiro atoms. The van der Waals surface area contributed by atoms with Crippen LogP contribution in [0.1, 0.15) is 172 Å². The van der Waals surface area contributed by atoms with Crippen LogP contribution >= 0.6 is 45.5 Å². The fourth-order valence-corrected chi connectivity index (χ4v) is 6.73. The summed E-state index contributed by atoms with van der Waals surface area (Å²) < 4.78 is 20.8. The van der Waals surface area contributed by atoms with Gasteiger partial charge < -0.3 is 19.2 Å². The molecular weight excluding hydrogens is 1180 g/mol. The molecule has 0 unspecified atom stereocenters. The van der Waals surface area contributed by atoms with Crippen LogP contribution in [0.15, 0.2) is 203 Å². The van der Waals surface area contributed by atoms with E-state index < -0.39 is 0 Å². The summed E-state index contributed by atoms with van der Waals surface area (Å²) in [7, 11) is 0. The van der Waals surface area contributed by atoms with Crippen LogP contribution in [-0.2, 0) is 6.42 Å². The number of pyridine rings is 1. The van der Waals surface area contributed by atoms with E-state index in [1.165, 1.54) is 38.1 Å². The Hall–Kier alpha value is -6.18. The van der Waals surface area contributed by atoms with Crippen molar-refractivity contribution in [3.05, 3.63) is 208 Å². The van der Waals surface area contributed by atoms with Crippen molar-refractivity contribution in [1.82, 2.24) is 24.5 Å². The number of fused-ring (bicyclic) bond motifs is 4. The second kappa shape index (κ2) is 65.8. The van der Waals surface area contributed by atoms with E-state index in [-0.39, 0.29) is 0 Å². The van der Waals surface area contributed by atoms with Crippen molar-refractivity contribution in [3.8, 4) is 17.2 Å². The number of hydrogen-bond acceptors (Lipinski definition) is 11. The summed E-state index contributed by atoms with van der Waals surface area (Å²) in [5.74, 6) is 9.44. The van der Waals surface area contributed by atoms with Gasteiger partial charge in [0, 0.05) is 52.2 Å². The average molecular weight is 1310 g/mol. The van der Waals surface area contributed by atoms with E-state index >= 15 is 0 Å². The Labute approximate surface area is 567 Å². The molecule has 2 aliphatic heterocycles. The molecule has 90 heavy (non-hydrogen) atoms. The summed E-state index contributed by atoms with van der Waals surface area (Å²) >= 11 is 6.45. The Kier molecular flexibility index (Phi) is 65.9. The molecule has 6 aromatic heterocycles. The Morgan fingerprint density at radius 2 is 0.800 bits per heavy atom. The Morgan fingerprint density at radius 1 is 0.356 bits per heavy atom. The Balaban J connectivity index is -0.000000445. The first kappa shape index (κ1) is 90.2. The molecule has 12 heteroatoms. The van der Waals surface area contributed by atoms with Gasteiger partial charge in [-0.1, -0.05) is 256 Å². The number of aromatic amines is 1. The topological polar surface area (TPSA) is 95.0 Å². The van der Waals surface area contributed by atoms with Gasteiger partial charge in [-0.2, -0.15) is 11.3 Å². The summed E-state index contributed by atoms with van der Waals surface area (Å²) in [5.41, 5.74) is 4.34. The van der Waals surface area contributed by atoms with Crippen LogP contribution in [0, 0.1) is 47.3 Å². The first-order valence-electron chi connectivity index (χ1n) is 32.1. The largest absolute Gasteiger partial charge is 0.493 e. The molecule has 4 aromatic carbocycles. The van der Waals surface area contributed by atoms with Crippen molar-refractivity contribution >= 4 is 66.5 Å². The molecule has 502 valence electrons. The molecule has 0 aliphatic carbocycles. The third kappa shape index (κ3) is 76.1. The number of nitrogens with one attached hydrogen (secondary N) is 1. The second-order valence-electron chi connectivity index (χ2n) is 25.3. The molecule has 0 radical (unpaired) electrons. The van der Waals surface area contributed by atoms with Crippen molar-refractivity contribution in [3.63, 3.8) is 0 Å². The quantitative estimate of drug-likeness (QED) is 0.162. The number of aromatic nitrogens is 5. The molecule has 2 aliphatic rings. The van der Waals surface area contributed by atoms with Crippen molar-refractivity contribution in [2.45, 2.75) is 173 Å². The third-order valence-corrected chi connectivity index (χ3v) is 9.98. The van der Waals surface area contributed by atoms with Crippen LogP contribution in [-0.4, -0.2) is 44.4 Å². The second-order valence-corrected chi connectivity index (χ2v) is 28.5. The average Bonchev–Trinajstić information content (AvgIpc) is 4.45. The number of ether oxygens (including phenoxy) is 3. The van der Waals surface area contributed by atoms with E-state index in [0.717, 1.165) is 77.6 Å². The van der Waals surface area contributed by atoms with Gasteiger partial charge in [-0.15, -0.1) is 27.8 Å². The summed E-state index contributed by atoms with van der Waals surface area (Å²) in [6.45, 7) is 54.2. The molecule has 0 bridgehead atoms. The maximum atomic E-state index is 5.30. The highest BCUT2D eigenvalue weighted by molar-refractivity contribution is 7.17. The maximum absolute atomic E-state index is 5.30. The minimum absolute atomic E-state index is 0.664. The lowest BCUT2D eigenvalue weighted by molar-refractivity contribution is 0.171. The van der Waals surface area contributed by atoms with Gasteiger partial charge in [0.2, 0.25) is 0 Å². The highest BCUT2D eigenvalue weighted by atomic mass is 32.1. The minimum Gasteiger partial charge on any atom is -0.493 e. The van der Waals surface area contributed by atoms with Gasteiger partial charge in [0.25, 0.3) is 0 Å². The predicted octanol–water partition coefficient (Wildman–Crippen LogP) is 26.0. The van der Waals surface area contributed by atoms with Crippen LogP contribution in [0.2, 0.25) is 0 Å². The van der Waals surface area contributed by atoms with Crippen LogP contribution in [0.5, 0.6) is 17.2 Å². The van der Waals surface area contributed by atoms with Crippen LogP contribution in [0.4, 0.5) is 0 Å². The van der Waals surface area contributed by atoms with E-state index in [1.54, 1.807) is 64.3 Å². The molecule has 12 rings (SSSR count). The van der Waals surface area contributed by atoms with Gasteiger partial charge in [-0.05, 0) is 146 Å². The number of thiazole rings is 1. The summed E-state index contributed by atoms with van der Waals surface area (Å²) in [4.78, 5) is 10.6. The first-order chi connectivity index (χ1) is 42.7. The molecule has 0 fully saturated rings. The van der Waals surface area contributed by atoms with E-state index in [1.807, 2.05) is 113 Å². The lowest BCUT2D eigenvalue weighted by atomic mass is 10.2. The summed E-state index contributed by atoms with van der Waals surface area (Å²) in [5, 5.41) is 16.1. The zero-order valence-electron chi connectivity index (χ0n) is 60.2. The fourth-order valence-electron chi connectivity index (χ4n) is 4.87. The number of para-hydroxylation sites is 4. The predicted molar refractivity (Wildman–Crippen MR) is 408 cm³/mol. The summed E-state index contributed by atoms with van der Waals surface area (Å²) in [6.07, 6.45) is 9.95. The Morgan fingerprint density at radius 3 is 1.14 bits per heavy atom. The number of benzene rings is 4. The molecule has 0 saturated heterocycles.